The van der Waals surface area contributed by atoms with Gasteiger partial charge in [-0.2, -0.15) is 0 Å². The zero-order chi connectivity index (χ0) is 21.3. The minimum absolute atomic E-state index is 0.0244. The van der Waals surface area contributed by atoms with Crippen molar-refractivity contribution in [1.29, 1.82) is 0 Å². The second-order valence-electron chi connectivity index (χ2n) is 7.13. The number of carbonyl (C=O) groups excluding carboxylic acids is 2. The van der Waals surface area contributed by atoms with E-state index < -0.39 is 5.97 Å². The van der Waals surface area contributed by atoms with E-state index in [4.69, 9.17) is 9.15 Å². The number of benzene rings is 1. The number of aromatic nitrogens is 1. The summed E-state index contributed by atoms with van der Waals surface area (Å²) < 4.78 is 10.7. The SMILES string of the molecule is CC(=O)N(c1nc(COC(=O)c2cc(C)oc2C)cs1)c1c(C)cc(C)cc1C. The van der Waals surface area contributed by atoms with Gasteiger partial charge in [0.05, 0.1) is 11.4 Å². The fourth-order valence-corrected chi connectivity index (χ4v) is 4.29. The van der Waals surface area contributed by atoms with Crippen LogP contribution in [0.25, 0.3) is 0 Å². The molecule has 0 spiro atoms. The molecule has 0 radical (unpaired) electrons. The highest BCUT2D eigenvalue weighted by atomic mass is 32.1. The Morgan fingerprint density at radius 1 is 1.10 bits per heavy atom. The van der Waals surface area contributed by atoms with Gasteiger partial charge in [0.2, 0.25) is 5.91 Å². The fourth-order valence-electron chi connectivity index (χ4n) is 3.43. The third-order valence-corrected chi connectivity index (χ3v) is 5.39. The maximum atomic E-state index is 12.4. The molecule has 2 heterocycles. The van der Waals surface area contributed by atoms with E-state index in [1.54, 1.807) is 30.2 Å². The summed E-state index contributed by atoms with van der Waals surface area (Å²) in [7, 11) is 0. The van der Waals surface area contributed by atoms with E-state index in [1.807, 2.05) is 32.9 Å². The van der Waals surface area contributed by atoms with Gasteiger partial charge in [-0.15, -0.1) is 11.3 Å². The molecule has 152 valence electrons. The number of hydrogen-bond acceptors (Lipinski definition) is 6. The van der Waals surface area contributed by atoms with Crippen LogP contribution in [0.4, 0.5) is 10.8 Å². The molecular formula is C22H24N2O4S. The van der Waals surface area contributed by atoms with Crippen molar-refractivity contribution in [3.05, 3.63) is 63.0 Å². The molecule has 0 atom stereocenters. The summed E-state index contributed by atoms with van der Waals surface area (Å²) in [5.41, 5.74) is 4.99. The molecule has 0 aliphatic carbocycles. The molecule has 0 unspecified atom stereocenters. The van der Waals surface area contributed by atoms with Gasteiger partial charge >= 0.3 is 5.97 Å². The van der Waals surface area contributed by atoms with Crippen LogP contribution in [0.2, 0.25) is 0 Å². The number of esters is 1. The molecular weight excluding hydrogens is 388 g/mol. The maximum Gasteiger partial charge on any atom is 0.342 e. The molecule has 1 aromatic carbocycles. The molecule has 0 saturated carbocycles. The van der Waals surface area contributed by atoms with Crippen molar-refractivity contribution in [3.63, 3.8) is 0 Å². The molecule has 0 bridgehead atoms. The highest BCUT2D eigenvalue weighted by Gasteiger charge is 2.22. The molecule has 3 aromatic rings. The first-order valence-electron chi connectivity index (χ1n) is 9.24. The number of furan rings is 1. The quantitative estimate of drug-likeness (QED) is 0.530. The summed E-state index contributed by atoms with van der Waals surface area (Å²) in [4.78, 5) is 30.8. The largest absolute Gasteiger partial charge is 0.466 e. The van der Waals surface area contributed by atoms with E-state index in [0.717, 1.165) is 22.4 Å². The Hall–Kier alpha value is -2.93. The van der Waals surface area contributed by atoms with Crippen molar-refractivity contribution in [2.45, 2.75) is 48.1 Å². The van der Waals surface area contributed by atoms with E-state index in [9.17, 15) is 9.59 Å². The topological polar surface area (TPSA) is 72.6 Å². The molecule has 29 heavy (non-hydrogen) atoms. The van der Waals surface area contributed by atoms with Crippen LogP contribution in [-0.4, -0.2) is 16.9 Å². The van der Waals surface area contributed by atoms with Crippen LogP contribution in [0.3, 0.4) is 0 Å². The lowest BCUT2D eigenvalue weighted by atomic mass is 10.0. The van der Waals surface area contributed by atoms with E-state index in [2.05, 4.69) is 4.98 Å². The lowest BCUT2D eigenvalue weighted by Gasteiger charge is -2.23. The first-order valence-corrected chi connectivity index (χ1v) is 10.1. The number of anilines is 2. The monoisotopic (exact) mass is 412 g/mol. The molecule has 1 amide bonds. The predicted octanol–water partition coefficient (Wildman–Crippen LogP) is 5.32. The molecule has 0 aliphatic heterocycles. The van der Waals surface area contributed by atoms with Crippen molar-refractivity contribution in [3.8, 4) is 0 Å². The third-order valence-electron chi connectivity index (χ3n) is 4.52. The minimum Gasteiger partial charge on any atom is -0.466 e. The molecule has 0 saturated heterocycles. The predicted molar refractivity (Wildman–Crippen MR) is 113 cm³/mol. The zero-order valence-electron chi connectivity index (χ0n) is 17.5. The number of hydrogen-bond donors (Lipinski definition) is 0. The number of aryl methyl sites for hydroxylation is 5. The Morgan fingerprint density at radius 2 is 1.76 bits per heavy atom. The molecule has 0 fully saturated rings. The van der Waals surface area contributed by atoms with Gasteiger partial charge in [-0.1, -0.05) is 17.7 Å². The lowest BCUT2D eigenvalue weighted by Crippen LogP contribution is -2.24. The summed E-state index contributed by atoms with van der Waals surface area (Å²) >= 11 is 1.34. The summed E-state index contributed by atoms with van der Waals surface area (Å²) in [6.45, 7) is 11.0. The van der Waals surface area contributed by atoms with Crippen molar-refractivity contribution in [2.24, 2.45) is 0 Å². The summed E-state index contributed by atoms with van der Waals surface area (Å²) in [6.07, 6.45) is 0. The Labute approximate surface area is 174 Å². The maximum absolute atomic E-state index is 12.4. The van der Waals surface area contributed by atoms with Crippen LogP contribution >= 0.6 is 11.3 Å². The smallest absolute Gasteiger partial charge is 0.342 e. The van der Waals surface area contributed by atoms with Crippen LogP contribution in [0.5, 0.6) is 0 Å². The van der Waals surface area contributed by atoms with Gasteiger partial charge in [0.1, 0.15) is 23.7 Å². The molecule has 0 aliphatic rings. The second-order valence-corrected chi connectivity index (χ2v) is 7.96. The summed E-state index contributed by atoms with van der Waals surface area (Å²) in [5.74, 6) is 0.607. The number of amides is 1. The van der Waals surface area contributed by atoms with E-state index in [1.165, 1.54) is 18.3 Å². The van der Waals surface area contributed by atoms with Crippen LogP contribution in [0, 0.1) is 34.6 Å². The zero-order valence-corrected chi connectivity index (χ0v) is 18.3. The van der Waals surface area contributed by atoms with Crippen molar-refractivity contribution < 1.29 is 18.7 Å². The average Bonchev–Trinajstić information content (AvgIpc) is 3.21. The van der Waals surface area contributed by atoms with Gasteiger partial charge in [-0.05, 0) is 51.8 Å². The van der Waals surface area contributed by atoms with Crippen molar-refractivity contribution in [2.75, 3.05) is 4.90 Å². The lowest BCUT2D eigenvalue weighted by molar-refractivity contribution is -0.115. The fraction of sp³-hybridized carbons (Fsp3) is 0.318. The summed E-state index contributed by atoms with van der Waals surface area (Å²) in [6, 6.07) is 5.75. The van der Waals surface area contributed by atoms with Gasteiger partial charge in [-0.25, -0.2) is 9.78 Å². The Bertz CT molecular complexity index is 1060. The van der Waals surface area contributed by atoms with E-state index >= 15 is 0 Å². The number of nitrogens with zero attached hydrogens (tertiary/aromatic N) is 2. The van der Waals surface area contributed by atoms with Crippen LogP contribution in [0.15, 0.2) is 28.0 Å². The van der Waals surface area contributed by atoms with E-state index in [-0.39, 0.29) is 12.5 Å². The second kappa shape index (κ2) is 8.21. The first kappa shape index (κ1) is 20.8. The van der Waals surface area contributed by atoms with Gasteiger partial charge < -0.3 is 9.15 Å². The molecule has 7 heteroatoms. The summed E-state index contributed by atoms with van der Waals surface area (Å²) in [5, 5.41) is 2.35. The Balaban J connectivity index is 1.81. The first-order chi connectivity index (χ1) is 13.7. The Kier molecular flexibility index (Phi) is 5.88. The number of thiazole rings is 1. The Morgan fingerprint density at radius 3 is 2.31 bits per heavy atom. The average molecular weight is 413 g/mol. The highest BCUT2D eigenvalue weighted by Crippen LogP contribution is 2.34. The van der Waals surface area contributed by atoms with Gasteiger partial charge in [0.15, 0.2) is 5.13 Å². The molecule has 2 aromatic heterocycles. The van der Waals surface area contributed by atoms with Crippen molar-refractivity contribution in [1.82, 2.24) is 4.98 Å². The standard InChI is InChI=1S/C22H24N2O4S/c1-12-7-13(2)20(14(3)8-12)24(17(6)25)22-23-18(11-29-22)10-27-21(26)19-9-15(4)28-16(19)5/h7-9,11H,10H2,1-6H3. The van der Waals surface area contributed by atoms with Gasteiger partial charge in [-0.3, -0.25) is 9.69 Å². The number of carbonyl (C=O) groups is 2. The molecule has 3 rings (SSSR count). The van der Waals surface area contributed by atoms with Gasteiger partial charge in [0, 0.05) is 12.3 Å². The third kappa shape index (κ3) is 4.40. The van der Waals surface area contributed by atoms with Crippen molar-refractivity contribution >= 4 is 34.0 Å². The number of ether oxygens (including phenoxy) is 1. The minimum atomic E-state index is -0.456. The normalized spacial score (nSPS) is 10.8. The van der Waals surface area contributed by atoms with E-state index in [0.29, 0.717) is 27.9 Å². The van der Waals surface area contributed by atoms with Crippen LogP contribution in [-0.2, 0) is 16.1 Å². The highest BCUT2D eigenvalue weighted by molar-refractivity contribution is 7.14. The van der Waals surface area contributed by atoms with Crippen LogP contribution < -0.4 is 4.90 Å². The molecule has 6 nitrogen and oxygen atoms in total. The van der Waals surface area contributed by atoms with Crippen LogP contribution in [0.1, 0.15) is 51.2 Å². The molecule has 0 N–H and O–H groups in total. The van der Waals surface area contributed by atoms with Gasteiger partial charge in [0.25, 0.3) is 0 Å². The number of rotatable bonds is 5.